The number of imidazole rings is 1. The molecule has 0 spiro atoms. The number of hydrogen-bond donors (Lipinski definition) is 1. The van der Waals surface area contributed by atoms with Crippen LogP contribution in [-0.4, -0.2) is 35.1 Å². The van der Waals surface area contributed by atoms with Crippen molar-refractivity contribution in [2.75, 3.05) is 6.26 Å². The largest absolute Gasteiger partial charge is 0.308 e. The lowest BCUT2D eigenvalue weighted by Gasteiger charge is -2.11. The van der Waals surface area contributed by atoms with Gasteiger partial charge in [0.25, 0.3) is 15.9 Å². The number of benzene rings is 1. The molecule has 0 saturated heterocycles. The molecule has 4 rings (SSSR count). The Morgan fingerprint density at radius 1 is 1.16 bits per heavy atom. The number of hydrogen-bond acceptors (Lipinski definition) is 7. The first kappa shape index (κ1) is 23.1. The fourth-order valence-electron chi connectivity index (χ4n) is 3.10. The summed E-state index contributed by atoms with van der Waals surface area (Å²) in [6.45, 7) is 2.23. The van der Waals surface area contributed by atoms with Crippen LogP contribution in [0.4, 0.5) is 0 Å². The Morgan fingerprint density at radius 3 is 2.62 bits per heavy atom. The van der Waals surface area contributed by atoms with E-state index in [9.17, 15) is 13.2 Å². The second-order valence-electron chi connectivity index (χ2n) is 6.71. The number of thiophene rings is 1. The fourth-order valence-corrected chi connectivity index (χ4v) is 6.49. The zero-order valence-corrected chi connectivity index (χ0v) is 20.8. The Labute approximate surface area is 202 Å². The number of nitrogens with one attached hydrogen (secondary N) is 1. The van der Waals surface area contributed by atoms with Crippen molar-refractivity contribution in [1.29, 1.82) is 0 Å². The second-order valence-corrected chi connectivity index (χ2v) is 11.6. The van der Waals surface area contributed by atoms with Crippen LogP contribution in [0.5, 0.6) is 0 Å². The minimum atomic E-state index is -4.05. The molecule has 0 aliphatic rings. The molecule has 1 amide bonds. The number of nitrogens with zero attached hydrogens (tertiary/aromatic N) is 3. The summed E-state index contributed by atoms with van der Waals surface area (Å²) in [6.07, 6.45) is 1.95. The number of rotatable bonds is 6. The summed E-state index contributed by atoms with van der Waals surface area (Å²) >= 11 is 14.8. The molecule has 0 radical (unpaired) electrons. The van der Waals surface area contributed by atoms with Gasteiger partial charge in [-0.15, -0.1) is 23.1 Å². The lowest BCUT2D eigenvalue weighted by molar-refractivity contribution is 0.0977. The van der Waals surface area contributed by atoms with E-state index in [2.05, 4.69) is 9.97 Å². The Kier molecular flexibility index (Phi) is 6.51. The average Bonchev–Trinajstić information content (AvgIpc) is 3.32. The number of amides is 1. The number of pyridine rings is 1. The van der Waals surface area contributed by atoms with Crippen LogP contribution in [0.15, 0.2) is 51.6 Å². The van der Waals surface area contributed by atoms with Crippen molar-refractivity contribution >= 4 is 73.4 Å². The molecular weight excluding hydrogens is 511 g/mol. The molecule has 3 aromatic heterocycles. The van der Waals surface area contributed by atoms with Crippen LogP contribution in [0.25, 0.3) is 11.2 Å². The van der Waals surface area contributed by atoms with Crippen LogP contribution in [0.2, 0.25) is 9.36 Å². The van der Waals surface area contributed by atoms with Gasteiger partial charge in [0.2, 0.25) is 0 Å². The number of aromatic nitrogens is 3. The zero-order valence-electron chi connectivity index (χ0n) is 16.8. The first-order chi connectivity index (χ1) is 15.2. The van der Waals surface area contributed by atoms with E-state index < -0.39 is 15.9 Å². The molecule has 4 aromatic rings. The Bertz CT molecular complexity index is 1450. The van der Waals surface area contributed by atoms with Gasteiger partial charge in [-0.1, -0.05) is 35.3 Å². The number of carbonyl (C=O) groups is 1. The standard InChI is InChI=1S/C20H16Cl2N4O3S3/c1-11-23-13-6-7-14(20(27)25-32(28,29)17-9-8-16(21)31-17)24-19(13)26(11)10-12-4-3-5-15(30-2)18(12)22/h3-9H,10H2,1-2H3,(H,25,27). The van der Waals surface area contributed by atoms with Crippen LogP contribution in [0.3, 0.4) is 0 Å². The van der Waals surface area contributed by atoms with Gasteiger partial charge in [0.05, 0.1) is 15.9 Å². The van der Waals surface area contributed by atoms with E-state index in [1.165, 1.54) is 18.2 Å². The van der Waals surface area contributed by atoms with E-state index in [-0.39, 0.29) is 9.90 Å². The molecule has 3 heterocycles. The molecule has 0 unspecified atom stereocenters. The van der Waals surface area contributed by atoms with Crippen LogP contribution >= 0.6 is 46.3 Å². The number of fused-ring (bicyclic) bond motifs is 1. The quantitative estimate of drug-likeness (QED) is 0.355. The number of aryl methyl sites for hydroxylation is 1. The van der Waals surface area contributed by atoms with E-state index in [0.29, 0.717) is 32.9 Å². The van der Waals surface area contributed by atoms with Crippen molar-refractivity contribution in [3.63, 3.8) is 0 Å². The Balaban J connectivity index is 1.68. The van der Waals surface area contributed by atoms with Gasteiger partial charge in [-0.05, 0) is 49.1 Å². The van der Waals surface area contributed by atoms with Crippen LogP contribution in [0.1, 0.15) is 21.9 Å². The molecule has 166 valence electrons. The van der Waals surface area contributed by atoms with Crippen molar-refractivity contribution in [3.8, 4) is 0 Å². The summed E-state index contributed by atoms with van der Waals surface area (Å²) in [5, 5.41) is 0.649. The predicted octanol–water partition coefficient (Wildman–Crippen LogP) is 5.00. The highest BCUT2D eigenvalue weighted by Crippen LogP contribution is 2.30. The van der Waals surface area contributed by atoms with Gasteiger partial charge in [0, 0.05) is 4.90 Å². The lowest BCUT2D eigenvalue weighted by Crippen LogP contribution is -2.30. The molecule has 7 nitrogen and oxygen atoms in total. The van der Waals surface area contributed by atoms with Gasteiger partial charge >= 0.3 is 0 Å². The summed E-state index contributed by atoms with van der Waals surface area (Å²) in [5.41, 5.74) is 1.88. The van der Waals surface area contributed by atoms with Crippen LogP contribution in [-0.2, 0) is 16.6 Å². The monoisotopic (exact) mass is 526 g/mol. The van der Waals surface area contributed by atoms with E-state index in [0.717, 1.165) is 21.8 Å². The summed E-state index contributed by atoms with van der Waals surface area (Å²) in [4.78, 5) is 22.5. The minimum absolute atomic E-state index is 0.0474. The smallest absolute Gasteiger partial charge is 0.283 e. The first-order valence-corrected chi connectivity index (χ1v) is 13.5. The zero-order chi connectivity index (χ0) is 23.0. The van der Waals surface area contributed by atoms with Crippen molar-refractivity contribution in [2.45, 2.75) is 22.6 Å². The Morgan fingerprint density at radius 2 is 1.94 bits per heavy atom. The van der Waals surface area contributed by atoms with Crippen LogP contribution < -0.4 is 4.72 Å². The minimum Gasteiger partial charge on any atom is -0.308 e. The maximum absolute atomic E-state index is 12.7. The molecule has 1 N–H and O–H groups in total. The van der Waals surface area contributed by atoms with Crippen molar-refractivity contribution in [2.24, 2.45) is 0 Å². The topological polar surface area (TPSA) is 94.0 Å². The fraction of sp³-hybridized carbons (Fsp3) is 0.150. The lowest BCUT2D eigenvalue weighted by atomic mass is 10.2. The molecule has 0 aliphatic heterocycles. The SMILES string of the molecule is CSc1cccc(Cn2c(C)nc3ccc(C(=O)NS(=O)(=O)c4ccc(Cl)s4)nc32)c1Cl. The van der Waals surface area contributed by atoms with Gasteiger partial charge in [0.15, 0.2) is 5.65 Å². The van der Waals surface area contributed by atoms with Crippen molar-refractivity contribution in [1.82, 2.24) is 19.3 Å². The molecular formula is C20H16Cl2N4O3S3. The molecule has 0 bridgehead atoms. The number of sulfonamides is 1. The van der Waals surface area contributed by atoms with Gasteiger partial charge in [-0.25, -0.2) is 23.1 Å². The summed E-state index contributed by atoms with van der Waals surface area (Å²) < 4.78 is 29.0. The number of halogens is 2. The average molecular weight is 527 g/mol. The summed E-state index contributed by atoms with van der Waals surface area (Å²) in [6, 6.07) is 11.6. The molecule has 0 aliphatic carbocycles. The summed E-state index contributed by atoms with van der Waals surface area (Å²) in [5.74, 6) is -0.152. The van der Waals surface area contributed by atoms with Crippen molar-refractivity contribution in [3.05, 3.63) is 68.9 Å². The molecule has 1 aromatic carbocycles. The highest BCUT2D eigenvalue weighted by molar-refractivity contribution is 7.98. The summed E-state index contributed by atoms with van der Waals surface area (Å²) in [7, 11) is -4.05. The molecule has 0 atom stereocenters. The third-order valence-corrected chi connectivity index (χ3v) is 9.04. The van der Waals surface area contributed by atoms with Crippen LogP contribution in [0, 0.1) is 6.92 Å². The maximum atomic E-state index is 12.7. The Hall–Kier alpha value is -2.11. The first-order valence-electron chi connectivity index (χ1n) is 9.17. The van der Waals surface area contributed by atoms with E-state index in [1.807, 2.05) is 40.7 Å². The molecule has 0 saturated carbocycles. The third kappa shape index (κ3) is 4.51. The number of carbonyl (C=O) groups excluding carboxylic acids is 1. The third-order valence-electron chi connectivity index (χ3n) is 4.65. The maximum Gasteiger partial charge on any atom is 0.283 e. The second kappa shape index (κ2) is 9.03. The normalized spacial score (nSPS) is 11.8. The van der Waals surface area contributed by atoms with Gasteiger partial charge < -0.3 is 4.57 Å². The van der Waals surface area contributed by atoms with Gasteiger partial charge in [-0.3, -0.25) is 4.79 Å². The van der Waals surface area contributed by atoms with Crippen molar-refractivity contribution < 1.29 is 13.2 Å². The van der Waals surface area contributed by atoms with Gasteiger partial charge in [-0.2, -0.15) is 0 Å². The predicted molar refractivity (Wildman–Crippen MR) is 129 cm³/mol. The van der Waals surface area contributed by atoms with E-state index in [1.54, 1.807) is 17.8 Å². The highest BCUT2D eigenvalue weighted by atomic mass is 35.5. The van der Waals surface area contributed by atoms with Gasteiger partial charge in [0.1, 0.15) is 21.2 Å². The van der Waals surface area contributed by atoms with E-state index >= 15 is 0 Å². The highest BCUT2D eigenvalue weighted by Gasteiger charge is 2.22. The molecule has 12 heteroatoms. The van der Waals surface area contributed by atoms with E-state index in [4.69, 9.17) is 23.2 Å². The molecule has 32 heavy (non-hydrogen) atoms. The molecule has 0 fully saturated rings. The number of thioether (sulfide) groups is 1.